The minimum absolute atomic E-state index is 0.482. The van der Waals surface area contributed by atoms with Crippen molar-refractivity contribution in [3.05, 3.63) is 53.3 Å². The normalized spacial score (nSPS) is 21.2. The number of hydrogen-bond acceptors (Lipinski definition) is 2. The highest BCUT2D eigenvalue weighted by Crippen LogP contribution is 2.36. The Morgan fingerprint density at radius 2 is 2.19 bits per heavy atom. The molecule has 1 aliphatic carbocycles. The molecule has 0 saturated heterocycles. The molecule has 1 aromatic carbocycles. The Bertz CT molecular complexity index is 588. The lowest BCUT2D eigenvalue weighted by Crippen LogP contribution is -2.34. The average Bonchev–Trinajstić information content (AvgIpc) is 2.91. The maximum absolute atomic E-state index is 4.31. The molecule has 0 bridgehead atoms. The zero-order valence-corrected chi connectivity index (χ0v) is 13.0. The van der Waals surface area contributed by atoms with Crippen LogP contribution in [0.25, 0.3) is 0 Å². The molecular formula is C18H25N3. The molecule has 0 radical (unpaired) electrons. The van der Waals surface area contributed by atoms with Crippen molar-refractivity contribution in [2.45, 2.75) is 38.6 Å². The molecule has 0 amide bonds. The molecule has 1 heterocycles. The second-order valence-electron chi connectivity index (χ2n) is 6.16. The van der Waals surface area contributed by atoms with Crippen molar-refractivity contribution in [1.29, 1.82) is 0 Å². The molecule has 3 nitrogen and oxygen atoms in total. The van der Waals surface area contributed by atoms with Gasteiger partial charge in [-0.15, -0.1) is 0 Å². The van der Waals surface area contributed by atoms with E-state index in [1.165, 1.54) is 36.0 Å². The maximum atomic E-state index is 4.31. The molecule has 21 heavy (non-hydrogen) atoms. The van der Waals surface area contributed by atoms with E-state index in [0.29, 0.717) is 12.0 Å². The fourth-order valence-corrected chi connectivity index (χ4v) is 3.50. The predicted octanol–water partition coefficient (Wildman–Crippen LogP) is 3.27. The van der Waals surface area contributed by atoms with Gasteiger partial charge in [0.05, 0.1) is 6.20 Å². The second-order valence-corrected chi connectivity index (χ2v) is 6.16. The van der Waals surface area contributed by atoms with Crippen LogP contribution < -0.4 is 5.32 Å². The van der Waals surface area contributed by atoms with Crippen LogP contribution >= 0.6 is 0 Å². The zero-order valence-electron chi connectivity index (χ0n) is 13.0. The van der Waals surface area contributed by atoms with Crippen molar-refractivity contribution < 1.29 is 0 Å². The van der Waals surface area contributed by atoms with Crippen molar-refractivity contribution >= 4 is 0 Å². The summed E-state index contributed by atoms with van der Waals surface area (Å²) in [5.41, 5.74) is 4.38. The van der Waals surface area contributed by atoms with Crippen LogP contribution in [0.5, 0.6) is 0 Å². The van der Waals surface area contributed by atoms with Crippen LogP contribution in [0.2, 0.25) is 0 Å². The van der Waals surface area contributed by atoms with Crippen LogP contribution in [-0.4, -0.2) is 16.3 Å². The summed E-state index contributed by atoms with van der Waals surface area (Å²) in [7, 11) is 1.99. The summed E-state index contributed by atoms with van der Waals surface area (Å²) in [5.74, 6) is 0.663. The van der Waals surface area contributed by atoms with Crippen LogP contribution in [0.1, 0.15) is 42.5 Å². The first-order chi connectivity index (χ1) is 10.3. The van der Waals surface area contributed by atoms with Gasteiger partial charge in [-0.25, -0.2) is 0 Å². The summed E-state index contributed by atoms with van der Waals surface area (Å²) in [6.07, 6.45) is 8.91. The molecule has 0 spiro atoms. The number of nitrogens with one attached hydrogen (secondary N) is 1. The summed E-state index contributed by atoms with van der Waals surface area (Å²) in [6, 6.07) is 9.41. The summed E-state index contributed by atoms with van der Waals surface area (Å²) in [5, 5.41) is 8.09. The number of rotatable bonds is 5. The smallest absolute Gasteiger partial charge is 0.0521 e. The quantitative estimate of drug-likeness (QED) is 0.912. The molecule has 0 saturated carbocycles. The van der Waals surface area contributed by atoms with E-state index in [4.69, 9.17) is 0 Å². The Labute approximate surface area is 127 Å². The number of benzene rings is 1. The van der Waals surface area contributed by atoms with Crippen LogP contribution in [0.3, 0.4) is 0 Å². The van der Waals surface area contributed by atoms with Gasteiger partial charge >= 0.3 is 0 Å². The number of aryl methyl sites for hydroxylation is 2. The number of hydrogen-bond donors (Lipinski definition) is 1. The van der Waals surface area contributed by atoms with E-state index in [0.717, 1.165) is 13.0 Å². The van der Waals surface area contributed by atoms with Gasteiger partial charge in [0.1, 0.15) is 0 Å². The lowest BCUT2D eigenvalue weighted by atomic mass is 9.77. The highest BCUT2D eigenvalue weighted by atomic mass is 15.2. The molecule has 0 fully saturated rings. The Kier molecular flexibility index (Phi) is 4.39. The van der Waals surface area contributed by atoms with E-state index >= 15 is 0 Å². The Morgan fingerprint density at radius 3 is 2.95 bits per heavy atom. The third-order valence-electron chi connectivity index (χ3n) is 4.52. The third-order valence-corrected chi connectivity index (χ3v) is 4.52. The fraction of sp³-hybridized carbons (Fsp3) is 0.500. The molecule has 1 N–H and O–H groups in total. The summed E-state index contributed by atoms with van der Waals surface area (Å²) >= 11 is 0. The van der Waals surface area contributed by atoms with Crippen LogP contribution in [0, 0.1) is 5.92 Å². The monoisotopic (exact) mass is 283 g/mol. The molecule has 1 aromatic heterocycles. The van der Waals surface area contributed by atoms with Crippen LogP contribution in [-0.2, 0) is 19.9 Å². The first-order valence-corrected chi connectivity index (χ1v) is 8.06. The van der Waals surface area contributed by atoms with Gasteiger partial charge in [0, 0.05) is 19.3 Å². The lowest BCUT2D eigenvalue weighted by molar-refractivity contribution is 0.319. The van der Waals surface area contributed by atoms with Crippen molar-refractivity contribution in [3.8, 4) is 0 Å². The topological polar surface area (TPSA) is 29.9 Å². The first kappa shape index (κ1) is 14.3. The van der Waals surface area contributed by atoms with Gasteiger partial charge in [0.25, 0.3) is 0 Å². The van der Waals surface area contributed by atoms with E-state index in [1.807, 2.05) is 17.9 Å². The van der Waals surface area contributed by atoms with Gasteiger partial charge in [0.15, 0.2) is 0 Å². The molecule has 112 valence electrons. The molecule has 2 unspecified atom stereocenters. The third kappa shape index (κ3) is 3.18. The molecular weight excluding hydrogens is 258 g/mol. The summed E-state index contributed by atoms with van der Waals surface area (Å²) < 4.78 is 1.90. The fourth-order valence-electron chi connectivity index (χ4n) is 3.50. The van der Waals surface area contributed by atoms with E-state index in [9.17, 15) is 0 Å². The Hall–Kier alpha value is -1.61. The molecule has 1 aliphatic rings. The molecule has 3 rings (SSSR count). The Balaban J connectivity index is 1.82. The van der Waals surface area contributed by atoms with Gasteiger partial charge in [-0.1, -0.05) is 31.2 Å². The van der Waals surface area contributed by atoms with Gasteiger partial charge in [-0.2, -0.15) is 5.10 Å². The SMILES string of the molecule is CCCNC1c2ccccc2CCC1Cc1cnn(C)c1. The van der Waals surface area contributed by atoms with Crippen molar-refractivity contribution in [2.24, 2.45) is 13.0 Å². The van der Waals surface area contributed by atoms with Gasteiger partial charge in [0.2, 0.25) is 0 Å². The van der Waals surface area contributed by atoms with Crippen LogP contribution in [0.15, 0.2) is 36.7 Å². The van der Waals surface area contributed by atoms with E-state index < -0.39 is 0 Å². The molecule has 2 atom stereocenters. The Morgan fingerprint density at radius 1 is 1.33 bits per heavy atom. The van der Waals surface area contributed by atoms with Gasteiger partial charge in [-0.05, 0) is 54.8 Å². The van der Waals surface area contributed by atoms with Gasteiger partial charge in [-0.3, -0.25) is 4.68 Å². The largest absolute Gasteiger partial charge is 0.310 e. The van der Waals surface area contributed by atoms with Crippen LogP contribution in [0.4, 0.5) is 0 Å². The molecule has 3 heteroatoms. The van der Waals surface area contributed by atoms with Gasteiger partial charge < -0.3 is 5.32 Å². The van der Waals surface area contributed by atoms with Crippen molar-refractivity contribution in [1.82, 2.24) is 15.1 Å². The lowest BCUT2D eigenvalue weighted by Gasteiger charge is -2.34. The minimum Gasteiger partial charge on any atom is -0.310 e. The number of fused-ring (bicyclic) bond motifs is 1. The predicted molar refractivity (Wildman–Crippen MR) is 86.2 cm³/mol. The van der Waals surface area contributed by atoms with E-state index in [2.05, 4.69) is 47.8 Å². The maximum Gasteiger partial charge on any atom is 0.0521 e. The second kappa shape index (κ2) is 6.44. The highest BCUT2D eigenvalue weighted by molar-refractivity contribution is 5.33. The molecule has 2 aromatic rings. The molecule has 0 aliphatic heterocycles. The number of nitrogens with zero attached hydrogens (tertiary/aromatic N) is 2. The summed E-state index contributed by atoms with van der Waals surface area (Å²) in [6.45, 7) is 3.32. The average molecular weight is 283 g/mol. The van der Waals surface area contributed by atoms with E-state index in [1.54, 1.807) is 0 Å². The first-order valence-electron chi connectivity index (χ1n) is 8.06. The number of aromatic nitrogens is 2. The minimum atomic E-state index is 0.482. The van der Waals surface area contributed by atoms with Crippen molar-refractivity contribution in [3.63, 3.8) is 0 Å². The highest BCUT2D eigenvalue weighted by Gasteiger charge is 2.29. The van der Waals surface area contributed by atoms with E-state index in [-0.39, 0.29) is 0 Å². The zero-order chi connectivity index (χ0) is 14.7. The summed E-state index contributed by atoms with van der Waals surface area (Å²) in [4.78, 5) is 0. The van der Waals surface area contributed by atoms with Crippen molar-refractivity contribution in [2.75, 3.05) is 6.54 Å². The standard InChI is InChI=1S/C18H25N3/c1-3-10-19-18-16(11-14-12-20-21(2)13-14)9-8-15-6-4-5-7-17(15)18/h4-7,12-13,16,18-19H,3,8-11H2,1-2H3.